The molecule has 3 rings (SSSR count). The molecule has 2 nitrogen and oxygen atoms in total. The van der Waals surface area contributed by atoms with Gasteiger partial charge in [-0.25, -0.2) is 0 Å². The quantitative estimate of drug-likeness (QED) is 0.607. The molecule has 0 aliphatic heterocycles. The molecule has 25 heavy (non-hydrogen) atoms. The Bertz CT molecular complexity index is 731. The van der Waals surface area contributed by atoms with E-state index in [0.717, 1.165) is 18.8 Å². The van der Waals surface area contributed by atoms with Crippen molar-refractivity contribution in [2.45, 2.75) is 12.5 Å². The molecule has 0 unspecified atom stereocenters. The first-order chi connectivity index (χ1) is 12.3. The Labute approximate surface area is 150 Å². The van der Waals surface area contributed by atoms with Gasteiger partial charge in [-0.1, -0.05) is 72.8 Å². The third-order valence-electron chi connectivity index (χ3n) is 4.48. The van der Waals surface area contributed by atoms with Gasteiger partial charge >= 0.3 is 0 Å². The number of rotatable bonds is 7. The molecule has 0 fully saturated rings. The van der Waals surface area contributed by atoms with Gasteiger partial charge in [-0.3, -0.25) is 0 Å². The zero-order valence-corrected chi connectivity index (χ0v) is 14.9. The summed E-state index contributed by atoms with van der Waals surface area (Å²) in [6.45, 7) is 1.86. The fourth-order valence-electron chi connectivity index (χ4n) is 3.23. The van der Waals surface area contributed by atoms with Gasteiger partial charge in [0.1, 0.15) is 5.75 Å². The van der Waals surface area contributed by atoms with Crippen molar-refractivity contribution in [2.24, 2.45) is 0 Å². The molecule has 3 aromatic carbocycles. The summed E-state index contributed by atoms with van der Waals surface area (Å²) in [4.78, 5) is 2.37. The second kappa shape index (κ2) is 8.50. The minimum Gasteiger partial charge on any atom is -0.497 e. The van der Waals surface area contributed by atoms with Crippen LogP contribution >= 0.6 is 0 Å². The smallest absolute Gasteiger partial charge is 0.119 e. The zero-order valence-electron chi connectivity index (χ0n) is 14.9. The van der Waals surface area contributed by atoms with Crippen LogP contribution in [-0.2, 0) is 6.54 Å². The predicted octanol–water partition coefficient (Wildman–Crippen LogP) is 4.96. The van der Waals surface area contributed by atoms with Gasteiger partial charge in [-0.15, -0.1) is 0 Å². The molecule has 0 heterocycles. The highest BCUT2D eigenvalue weighted by atomic mass is 16.5. The van der Waals surface area contributed by atoms with Gasteiger partial charge in [0.25, 0.3) is 0 Å². The van der Waals surface area contributed by atoms with Gasteiger partial charge in [0.05, 0.1) is 7.11 Å². The summed E-state index contributed by atoms with van der Waals surface area (Å²) in [7, 11) is 3.89. The van der Waals surface area contributed by atoms with Gasteiger partial charge in [0.15, 0.2) is 0 Å². The highest BCUT2D eigenvalue weighted by molar-refractivity contribution is 5.33. The molecular formula is C23H25NO. The van der Waals surface area contributed by atoms with Crippen LogP contribution in [0.2, 0.25) is 0 Å². The molecular weight excluding hydrogens is 306 g/mol. The molecule has 0 atom stereocenters. The summed E-state index contributed by atoms with van der Waals surface area (Å²) >= 11 is 0. The number of likely N-dealkylation sites (N-methyl/N-ethyl adjacent to an activating group) is 1. The molecule has 0 amide bonds. The molecule has 0 aliphatic rings. The molecule has 0 aliphatic carbocycles. The van der Waals surface area contributed by atoms with Crippen molar-refractivity contribution >= 4 is 0 Å². The Balaban J connectivity index is 1.78. The fraction of sp³-hybridized carbons (Fsp3) is 0.217. The molecule has 0 saturated heterocycles. The van der Waals surface area contributed by atoms with E-state index in [9.17, 15) is 0 Å². The van der Waals surface area contributed by atoms with E-state index >= 15 is 0 Å². The first-order valence-corrected chi connectivity index (χ1v) is 8.67. The maximum atomic E-state index is 5.34. The van der Waals surface area contributed by atoms with Crippen LogP contribution in [0.1, 0.15) is 22.6 Å². The number of methoxy groups -OCH3 is 1. The largest absolute Gasteiger partial charge is 0.497 e. The molecule has 0 N–H and O–H groups in total. The minimum atomic E-state index is 0.359. The van der Waals surface area contributed by atoms with Crippen molar-refractivity contribution < 1.29 is 4.74 Å². The number of ether oxygens (including phenoxy) is 1. The van der Waals surface area contributed by atoms with Crippen LogP contribution < -0.4 is 4.74 Å². The molecule has 0 spiro atoms. The zero-order chi connectivity index (χ0) is 17.5. The van der Waals surface area contributed by atoms with E-state index < -0.39 is 0 Å². The van der Waals surface area contributed by atoms with Crippen LogP contribution in [0.25, 0.3) is 0 Å². The summed E-state index contributed by atoms with van der Waals surface area (Å²) in [6.07, 6.45) is 0. The van der Waals surface area contributed by atoms with E-state index in [1.165, 1.54) is 16.7 Å². The van der Waals surface area contributed by atoms with E-state index in [0.29, 0.717) is 5.92 Å². The summed E-state index contributed by atoms with van der Waals surface area (Å²) < 4.78 is 5.34. The van der Waals surface area contributed by atoms with E-state index in [1.807, 2.05) is 12.1 Å². The van der Waals surface area contributed by atoms with Crippen molar-refractivity contribution in [3.8, 4) is 5.75 Å². The topological polar surface area (TPSA) is 12.5 Å². The lowest BCUT2D eigenvalue weighted by atomic mass is 9.91. The summed E-state index contributed by atoms with van der Waals surface area (Å²) in [6, 6.07) is 29.8. The Kier molecular flexibility index (Phi) is 5.86. The van der Waals surface area contributed by atoms with Crippen LogP contribution in [0.3, 0.4) is 0 Å². The second-order valence-corrected chi connectivity index (χ2v) is 6.42. The molecule has 128 valence electrons. The fourth-order valence-corrected chi connectivity index (χ4v) is 3.23. The van der Waals surface area contributed by atoms with Crippen molar-refractivity contribution in [2.75, 3.05) is 20.7 Å². The monoisotopic (exact) mass is 331 g/mol. The lowest BCUT2D eigenvalue weighted by Crippen LogP contribution is -2.25. The van der Waals surface area contributed by atoms with Crippen LogP contribution in [0.15, 0.2) is 84.9 Å². The maximum Gasteiger partial charge on any atom is 0.119 e. The number of hydrogen-bond donors (Lipinski definition) is 0. The molecule has 2 heteroatoms. The lowest BCUT2D eigenvalue weighted by Gasteiger charge is -2.25. The number of benzene rings is 3. The normalized spacial score (nSPS) is 11.0. The molecule has 3 aromatic rings. The SMILES string of the molecule is COc1cccc(CN(C)CC(c2ccccc2)c2ccccc2)c1. The van der Waals surface area contributed by atoms with Crippen LogP contribution in [0, 0.1) is 0 Å². The standard InChI is InChI=1S/C23H25NO/c1-24(17-19-10-9-15-22(16-19)25-2)18-23(20-11-5-3-6-12-20)21-13-7-4-8-14-21/h3-16,23H,17-18H2,1-2H3. The maximum absolute atomic E-state index is 5.34. The van der Waals surface area contributed by atoms with Crippen molar-refractivity contribution in [3.05, 3.63) is 102 Å². The lowest BCUT2D eigenvalue weighted by molar-refractivity contribution is 0.315. The van der Waals surface area contributed by atoms with E-state index in [-0.39, 0.29) is 0 Å². The van der Waals surface area contributed by atoms with Gasteiger partial charge < -0.3 is 9.64 Å². The first-order valence-electron chi connectivity index (χ1n) is 8.67. The van der Waals surface area contributed by atoms with Gasteiger partial charge in [-0.2, -0.15) is 0 Å². The van der Waals surface area contributed by atoms with Crippen molar-refractivity contribution in [1.82, 2.24) is 4.90 Å². The van der Waals surface area contributed by atoms with Crippen LogP contribution in [-0.4, -0.2) is 25.6 Å². The van der Waals surface area contributed by atoms with E-state index in [2.05, 4.69) is 84.7 Å². The summed E-state index contributed by atoms with van der Waals surface area (Å²) in [5.41, 5.74) is 3.97. The highest BCUT2D eigenvalue weighted by Crippen LogP contribution is 2.26. The third kappa shape index (κ3) is 4.71. The van der Waals surface area contributed by atoms with Gasteiger partial charge in [0, 0.05) is 19.0 Å². The van der Waals surface area contributed by atoms with Crippen molar-refractivity contribution in [3.63, 3.8) is 0 Å². The number of nitrogens with zero attached hydrogens (tertiary/aromatic N) is 1. The molecule has 0 aromatic heterocycles. The highest BCUT2D eigenvalue weighted by Gasteiger charge is 2.16. The van der Waals surface area contributed by atoms with Crippen LogP contribution in [0.5, 0.6) is 5.75 Å². The minimum absolute atomic E-state index is 0.359. The average molecular weight is 331 g/mol. The summed E-state index contributed by atoms with van der Waals surface area (Å²) in [5.74, 6) is 1.27. The van der Waals surface area contributed by atoms with E-state index in [1.54, 1.807) is 7.11 Å². The van der Waals surface area contributed by atoms with Gasteiger partial charge in [-0.05, 0) is 35.9 Å². The first kappa shape index (κ1) is 17.2. The average Bonchev–Trinajstić information content (AvgIpc) is 2.67. The van der Waals surface area contributed by atoms with Crippen molar-refractivity contribution in [1.29, 1.82) is 0 Å². The number of hydrogen-bond acceptors (Lipinski definition) is 2. The van der Waals surface area contributed by atoms with Crippen LogP contribution in [0.4, 0.5) is 0 Å². The summed E-state index contributed by atoms with van der Waals surface area (Å²) in [5, 5.41) is 0. The third-order valence-corrected chi connectivity index (χ3v) is 4.48. The molecule has 0 saturated carbocycles. The predicted molar refractivity (Wildman–Crippen MR) is 104 cm³/mol. The van der Waals surface area contributed by atoms with E-state index in [4.69, 9.17) is 4.74 Å². The molecule has 0 bridgehead atoms. The Hall–Kier alpha value is -2.58. The molecule has 0 radical (unpaired) electrons. The second-order valence-electron chi connectivity index (χ2n) is 6.42. The Morgan fingerprint density at radius 3 is 1.96 bits per heavy atom. The Morgan fingerprint density at radius 2 is 1.40 bits per heavy atom. The Morgan fingerprint density at radius 1 is 0.800 bits per heavy atom. The van der Waals surface area contributed by atoms with Gasteiger partial charge in [0.2, 0.25) is 0 Å².